The van der Waals surface area contributed by atoms with E-state index in [2.05, 4.69) is 0 Å². The van der Waals surface area contributed by atoms with Crippen molar-refractivity contribution in [3.63, 3.8) is 0 Å². The van der Waals surface area contributed by atoms with Crippen LogP contribution in [-0.2, 0) is 6.54 Å². The number of fused-ring (bicyclic) bond motifs is 1. The van der Waals surface area contributed by atoms with Gasteiger partial charge in [-0.05, 0) is 37.3 Å². The summed E-state index contributed by atoms with van der Waals surface area (Å²) in [6, 6.07) is 24.6. The maximum Gasteiger partial charge on any atom is 0.274 e. The Morgan fingerprint density at radius 2 is 1.73 bits per heavy atom. The van der Waals surface area contributed by atoms with E-state index >= 15 is 0 Å². The molecule has 7 heteroatoms. The van der Waals surface area contributed by atoms with Gasteiger partial charge in [-0.3, -0.25) is 14.9 Å². The number of aromatic nitrogens is 2. The topological polar surface area (TPSA) is 91.2 Å². The SMILES string of the molecule is Cc1ccc(-c2nc3ccc(C(=O)c4ccccc4)cc3n2Cc2ccccc2[N+](=O)[O-])o1. The zero-order valence-corrected chi connectivity index (χ0v) is 17.8. The highest BCUT2D eigenvalue weighted by Gasteiger charge is 2.21. The lowest BCUT2D eigenvalue weighted by Gasteiger charge is -2.09. The molecule has 5 rings (SSSR count). The molecule has 0 unspecified atom stereocenters. The maximum absolute atomic E-state index is 13.0. The van der Waals surface area contributed by atoms with Gasteiger partial charge in [-0.25, -0.2) is 4.98 Å². The highest BCUT2D eigenvalue weighted by molar-refractivity contribution is 6.10. The molecule has 0 atom stereocenters. The van der Waals surface area contributed by atoms with Crippen LogP contribution in [0.1, 0.15) is 27.2 Å². The van der Waals surface area contributed by atoms with Crippen LogP contribution in [0.3, 0.4) is 0 Å². The van der Waals surface area contributed by atoms with E-state index in [0.717, 1.165) is 5.76 Å². The van der Waals surface area contributed by atoms with Crippen LogP contribution in [0.4, 0.5) is 5.69 Å². The van der Waals surface area contributed by atoms with Crippen molar-refractivity contribution < 1.29 is 14.1 Å². The van der Waals surface area contributed by atoms with E-state index in [-0.39, 0.29) is 18.0 Å². The number of nitro groups is 1. The standard InChI is InChI=1S/C26H19N3O4/c1-17-11-14-24(33-17)26-27-21-13-12-19(25(30)18-7-3-2-4-8-18)15-23(21)28(26)16-20-9-5-6-10-22(20)29(31)32/h2-15H,16H2,1H3. The number of rotatable bonds is 6. The van der Waals surface area contributed by atoms with E-state index in [9.17, 15) is 14.9 Å². The summed E-state index contributed by atoms with van der Waals surface area (Å²) in [7, 11) is 0. The average Bonchev–Trinajstić information content (AvgIpc) is 3.42. The first-order valence-corrected chi connectivity index (χ1v) is 10.4. The summed E-state index contributed by atoms with van der Waals surface area (Å²) in [6.45, 7) is 2.04. The van der Waals surface area contributed by atoms with E-state index < -0.39 is 4.92 Å². The summed E-state index contributed by atoms with van der Waals surface area (Å²) in [5, 5.41) is 11.6. The third kappa shape index (κ3) is 3.80. The van der Waals surface area contributed by atoms with Crippen LogP contribution in [-0.4, -0.2) is 20.3 Å². The summed E-state index contributed by atoms with van der Waals surface area (Å²) in [4.78, 5) is 29.0. The number of ketones is 1. The zero-order chi connectivity index (χ0) is 22.9. The number of nitrogens with zero attached hydrogens (tertiary/aromatic N) is 3. The normalized spacial score (nSPS) is 11.1. The molecule has 2 heterocycles. The monoisotopic (exact) mass is 437 g/mol. The highest BCUT2D eigenvalue weighted by atomic mass is 16.6. The molecular weight excluding hydrogens is 418 g/mol. The lowest BCUT2D eigenvalue weighted by atomic mass is 10.0. The van der Waals surface area contributed by atoms with Crippen LogP contribution < -0.4 is 0 Å². The molecule has 0 aliphatic rings. The summed E-state index contributed by atoms with van der Waals surface area (Å²) < 4.78 is 7.68. The Balaban J connectivity index is 1.69. The molecule has 0 bridgehead atoms. The second-order valence-electron chi connectivity index (χ2n) is 7.72. The van der Waals surface area contributed by atoms with Gasteiger partial charge >= 0.3 is 0 Å². The summed E-state index contributed by atoms with van der Waals surface area (Å²) in [6.07, 6.45) is 0. The number of imidazole rings is 1. The minimum Gasteiger partial charge on any atom is -0.458 e. The predicted molar refractivity (Wildman–Crippen MR) is 124 cm³/mol. The van der Waals surface area contributed by atoms with Gasteiger partial charge in [0.05, 0.1) is 22.5 Å². The van der Waals surface area contributed by atoms with Crippen molar-refractivity contribution >= 4 is 22.5 Å². The van der Waals surface area contributed by atoms with Gasteiger partial charge in [-0.2, -0.15) is 0 Å². The molecule has 0 N–H and O–H groups in total. The molecule has 3 aromatic carbocycles. The lowest BCUT2D eigenvalue weighted by Crippen LogP contribution is -2.06. The molecule has 162 valence electrons. The van der Waals surface area contributed by atoms with E-state index in [1.807, 2.05) is 41.8 Å². The van der Waals surface area contributed by atoms with E-state index in [4.69, 9.17) is 9.40 Å². The number of hydrogen-bond donors (Lipinski definition) is 0. The number of benzene rings is 3. The van der Waals surface area contributed by atoms with Crippen molar-refractivity contribution in [2.45, 2.75) is 13.5 Å². The van der Waals surface area contributed by atoms with Crippen molar-refractivity contribution in [1.82, 2.24) is 9.55 Å². The molecule has 0 saturated heterocycles. The fraction of sp³-hybridized carbons (Fsp3) is 0.0769. The van der Waals surface area contributed by atoms with Gasteiger partial charge in [-0.15, -0.1) is 0 Å². The minimum absolute atomic E-state index is 0.0254. The molecule has 7 nitrogen and oxygen atoms in total. The maximum atomic E-state index is 13.0. The summed E-state index contributed by atoms with van der Waals surface area (Å²) in [5.41, 5.74) is 3.02. The predicted octanol–water partition coefficient (Wildman–Crippen LogP) is 5.79. The number of nitro benzene ring substituents is 1. The van der Waals surface area contributed by atoms with Gasteiger partial charge in [0.15, 0.2) is 17.4 Å². The number of hydrogen-bond acceptors (Lipinski definition) is 5. The van der Waals surface area contributed by atoms with Gasteiger partial charge < -0.3 is 8.98 Å². The van der Waals surface area contributed by atoms with Gasteiger partial charge in [0.25, 0.3) is 5.69 Å². The smallest absolute Gasteiger partial charge is 0.274 e. The largest absolute Gasteiger partial charge is 0.458 e. The molecule has 0 aliphatic heterocycles. The van der Waals surface area contributed by atoms with Crippen LogP contribution in [0.2, 0.25) is 0 Å². The fourth-order valence-electron chi connectivity index (χ4n) is 3.92. The first-order chi connectivity index (χ1) is 16.0. The Labute approximate surface area is 189 Å². The van der Waals surface area contributed by atoms with E-state index in [1.165, 1.54) is 6.07 Å². The number of furan rings is 1. The van der Waals surface area contributed by atoms with Gasteiger partial charge in [0.2, 0.25) is 0 Å². The molecule has 0 saturated carbocycles. The molecule has 0 amide bonds. The van der Waals surface area contributed by atoms with Crippen molar-refractivity contribution in [2.24, 2.45) is 0 Å². The zero-order valence-electron chi connectivity index (χ0n) is 17.8. The quantitative estimate of drug-likeness (QED) is 0.190. The first kappa shape index (κ1) is 20.4. The second-order valence-corrected chi connectivity index (χ2v) is 7.72. The molecule has 2 aromatic heterocycles. The number of para-hydroxylation sites is 1. The van der Waals surface area contributed by atoms with Crippen LogP contribution in [0.15, 0.2) is 89.3 Å². The minimum atomic E-state index is -0.393. The van der Waals surface area contributed by atoms with Crippen LogP contribution in [0, 0.1) is 17.0 Å². The van der Waals surface area contributed by atoms with Gasteiger partial charge in [-0.1, -0.05) is 48.5 Å². The molecular formula is C26H19N3O4. The highest BCUT2D eigenvalue weighted by Crippen LogP contribution is 2.30. The summed E-state index contributed by atoms with van der Waals surface area (Å²) >= 11 is 0. The second kappa shape index (κ2) is 8.20. The van der Waals surface area contributed by atoms with E-state index in [0.29, 0.717) is 39.3 Å². The Morgan fingerprint density at radius 3 is 2.45 bits per heavy atom. The molecule has 0 fully saturated rings. The Kier molecular flexibility index (Phi) is 5.06. The number of aryl methyl sites for hydroxylation is 1. The van der Waals surface area contributed by atoms with Gasteiger partial charge in [0, 0.05) is 22.8 Å². The average molecular weight is 437 g/mol. The van der Waals surface area contributed by atoms with Crippen molar-refractivity contribution in [3.8, 4) is 11.6 Å². The molecule has 0 aliphatic carbocycles. The van der Waals surface area contributed by atoms with Crippen LogP contribution >= 0.6 is 0 Å². The lowest BCUT2D eigenvalue weighted by molar-refractivity contribution is -0.385. The van der Waals surface area contributed by atoms with Crippen molar-refractivity contribution in [1.29, 1.82) is 0 Å². The Morgan fingerprint density at radius 1 is 0.970 bits per heavy atom. The third-order valence-corrected chi connectivity index (χ3v) is 5.52. The Bertz CT molecular complexity index is 1500. The van der Waals surface area contributed by atoms with Gasteiger partial charge in [0.1, 0.15) is 5.76 Å². The van der Waals surface area contributed by atoms with E-state index in [1.54, 1.807) is 48.5 Å². The van der Waals surface area contributed by atoms with Crippen LogP contribution in [0.25, 0.3) is 22.6 Å². The number of carbonyl (C=O) groups is 1. The molecule has 33 heavy (non-hydrogen) atoms. The summed E-state index contributed by atoms with van der Waals surface area (Å²) in [5.74, 6) is 1.72. The van der Waals surface area contributed by atoms with Crippen molar-refractivity contribution in [2.75, 3.05) is 0 Å². The fourth-order valence-corrected chi connectivity index (χ4v) is 3.92. The number of carbonyl (C=O) groups excluding carboxylic acids is 1. The molecule has 0 spiro atoms. The van der Waals surface area contributed by atoms with Crippen molar-refractivity contribution in [3.05, 3.63) is 117 Å². The third-order valence-electron chi connectivity index (χ3n) is 5.52. The molecule has 0 radical (unpaired) electrons. The molecule has 5 aromatic rings. The Hall–Kier alpha value is -4.52. The first-order valence-electron chi connectivity index (χ1n) is 10.4. The van der Waals surface area contributed by atoms with Crippen LogP contribution in [0.5, 0.6) is 0 Å².